The molecule has 2 N–H and O–H groups in total. The second-order valence-electron chi connectivity index (χ2n) is 6.71. The highest BCUT2D eigenvalue weighted by molar-refractivity contribution is 5.95. The van der Waals surface area contributed by atoms with E-state index in [1.165, 1.54) is 0 Å². The van der Waals surface area contributed by atoms with E-state index in [-0.39, 0.29) is 17.9 Å². The Morgan fingerprint density at radius 3 is 2.43 bits per heavy atom. The van der Waals surface area contributed by atoms with E-state index in [1.807, 2.05) is 31.0 Å². The molecule has 1 heterocycles. The maximum Gasteiger partial charge on any atom is 0.251 e. The SMILES string of the molecule is CNC(=O)c1ccc(CN(C)C(C)C(=O)Nc2ccc3c(c2)OCCO3)cc1. The predicted molar refractivity (Wildman–Crippen MR) is 107 cm³/mol. The molecule has 2 aromatic rings. The van der Waals surface area contributed by atoms with Gasteiger partial charge in [0.25, 0.3) is 5.91 Å². The molecule has 1 aliphatic heterocycles. The fourth-order valence-electron chi connectivity index (χ4n) is 2.90. The van der Waals surface area contributed by atoms with Gasteiger partial charge in [0, 0.05) is 30.9 Å². The molecule has 0 saturated heterocycles. The molecule has 148 valence electrons. The summed E-state index contributed by atoms with van der Waals surface area (Å²) in [5, 5.41) is 5.52. The Morgan fingerprint density at radius 1 is 1.07 bits per heavy atom. The summed E-state index contributed by atoms with van der Waals surface area (Å²) in [6, 6.07) is 12.4. The van der Waals surface area contributed by atoms with E-state index < -0.39 is 0 Å². The first-order chi connectivity index (χ1) is 13.5. The van der Waals surface area contributed by atoms with Crippen molar-refractivity contribution in [1.29, 1.82) is 0 Å². The molecule has 1 unspecified atom stereocenters. The Kier molecular flexibility index (Phi) is 6.16. The van der Waals surface area contributed by atoms with Gasteiger partial charge in [-0.15, -0.1) is 0 Å². The number of carbonyl (C=O) groups is 2. The minimum absolute atomic E-state index is 0.110. The highest BCUT2D eigenvalue weighted by Gasteiger charge is 2.20. The smallest absolute Gasteiger partial charge is 0.251 e. The minimum Gasteiger partial charge on any atom is -0.486 e. The van der Waals surface area contributed by atoms with Crippen molar-refractivity contribution in [2.45, 2.75) is 19.5 Å². The zero-order valence-electron chi connectivity index (χ0n) is 16.3. The van der Waals surface area contributed by atoms with E-state index in [4.69, 9.17) is 9.47 Å². The lowest BCUT2D eigenvalue weighted by atomic mass is 10.1. The van der Waals surface area contributed by atoms with Crippen LogP contribution in [-0.2, 0) is 11.3 Å². The van der Waals surface area contributed by atoms with Crippen molar-refractivity contribution < 1.29 is 19.1 Å². The van der Waals surface area contributed by atoms with E-state index >= 15 is 0 Å². The van der Waals surface area contributed by atoms with Crippen LogP contribution in [0, 0.1) is 0 Å². The number of rotatable bonds is 6. The van der Waals surface area contributed by atoms with Crippen LogP contribution in [-0.4, -0.2) is 50.1 Å². The number of carbonyl (C=O) groups excluding carboxylic acids is 2. The fraction of sp³-hybridized carbons (Fsp3) is 0.333. The molecule has 7 heteroatoms. The zero-order chi connectivity index (χ0) is 20.1. The van der Waals surface area contributed by atoms with Crippen LogP contribution in [0.5, 0.6) is 11.5 Å². The van der Waals surface area contributed by atoms with Crippen LogP contribution in [0.3, 0.4) is 0 Å². The number of nitrogens with one attached hydrogen (secondary N) is 2. The number of hydrogen-bond donors (Lipinski definition) is 2. The van der Waals surface area contributed by atoms with Crippen molar-refractivity contribution in [3.05, 3.63) is 53.6 Å². The number of benzene rings is 2. The summed E-state index contributed by atoms with van der Waals surface area (Å²) >= 11 is 0. The van der Waals surface area contributed by atoms with Gasteiger partial charge in [-0.05, 0) is 43.8 Å². The van der Waals surface area contributed by atoms with Crippen LogP contribution in [0.2, 0.25) is 0 Å². The van der Waals surface area contributed by atoms with Gasteiger partial charge >= 0.3 is 0 Å². The Bertz CT molecular complexity index is 851. The van der Waals surface area contributed by atoms with Crippen LogP contribution < -0.4 is 20.1 Å². The second kappa shape index (κ2) is 8.75. The maximum absolute atomic E-state index is 12.6. The summed E-state index contributed by atoms with van der Waals surface area (Å²) in [5.74, 6) is 1.10. The molecule has 2 amide bonds. The van der Waals surface area contributed by atoms with Crippen LogP contribution in [0.25, 0.3) is 0 Å². The van der Waals surface area contributed by atoms with Gasteiger partial charge in [0.2, 0.25) is 5.91 Å². The van der Waals surface area contributed by atoms with E-state index in [0.29, 0.717) is 42.5 Å². The van der Waals surface area contributed by atoms with E-state index in [1.54, 1.807) is 37.4 Å². The molecule has 0 aromatic heterocycles. The quantitative estimate of drug-likeness (QED) is 0.800. The van der Waals surface area contributed by atoms with Crippen molar-refractivity contribution in [3.8, 4) is 11.5 Å². The summed E-state index contributed by atoms with van der Waals surface area (Å²) in [6.45, 7) is 3.48. The molecule has 1 atom stereocenters. The predicted octanol–water partition coefficient (Wildman–Crippen LogP) is 2.28. The third-order valence-electron chi connectivity index (χ3n) is 4.73. The molecule has 0 bridgehead atoms. The van der Waals surface area contributed by atoms with Gasteiger partial charge in [-0.25, -0.2) is 0 Å². The van der Waals surface area contributed by atoms with Crippen molar-refractivity contribution in [1.82, 2.24) is 10.2 Å². The second-order valence-corrected chi connectivity index (χ2v) is 6.71. The molecule has 0 aliphatic carbocycles. The molecule has 3 rings (SSSR count). The Labute approximate surface area is 164 Å². The van der Waals surface area contributed by atoms with Crippen LogP contribution >= 0.6 is 0 Å². The third-order valence-corrected chi connectivity index (χ3v) is 4.73. The van der Waals surface area contributed by atoms with Gasteiger partial charge in [-0.1, -0.05) is 12.1 Å². The van der Waals surface area contributed by atoms with Gasteiger partial charge in [0.1, 0.15) is 13.2 Å². The molecule has 28 heavy (non-hydrogen) atoms. The van der Waals surface area contributed by atoms with E-state index in [9.17, 15) is 9.59 Å². The largest absolute Gasteiger partial charge is 0.486 e. The number of likely N-dealkylation sites (N-methyl/N-ethyl adjacent to an activating group) is 1. The zero-order valence-corrected chi connectivity index (χ0v) is 16.3. The summed E-state index contributed by atoms with van der Waals surface area (Å²) < 4.78 is 11.0. The highest BCUT2D eigenvalue weighted by atomic mass is 16.6. The maximum atomic E-state index is 12.6. The van der Waals surface area contributed by atoms with Crippen LogP contribution in [0.4, 0.5) is 5.69 Å². The third kappa shape index (κ3) is 4.61. The summed E-state index contributed by atoms with van der Waals surface area (Å²) in [5.41, 5.74) is 2.30. The monoisotopic (exact) mass is 383 g/mol. The van der Waals surface area contributed by atoms with Crippen LogP contribution in [0.1, 0.15) is 22.8 Å². The number of anilines is 1. The van der Waals surface area contributed by atoms with Gasteiger partial charge in [0.05, 0.1) is 6.04 Å². The fourth-order valence-corrected chi connectivity index (χ4v) is 2.90. The lowest BCUT2D eigenvalue weighted by Gasteiger charge is -2.24. The number of fused-ring (bicyclic) bond motifs is 1. The Balaban J connectivity index is 1.58. The van der Waals surface area contributed by atoms with Crippen molar-refractivity contribution in [2.24, 2.45) is 0 Å². The summed E-state index contributed by atoms with van der Waals surface area (Å²) in [7, 11) is 3.49. The van der Waals surface area contributed by atoms with Gasteiger partial charge in [0.15, 0.2) is 11.5 Å². The van der Waals surface area contributed by atoms with Gasteiger partial charge in [-0.3, -0.25) is 14.5 Å². The Hall–Kier alpha value is -3.06. The number of nitrogens with zero attached hydrogens (tertiary/aromatic N) is 1. The molecule has 7 nitrogen and oxygen atoms in total. The summed E-state index contributed by atoms with van der Waals surface area (Å²) in [4.78, 5) is 26.2. The number of ether oxygens (including phenoxy) is 2. The minimum atomic E-state index is -0.341. The standard InChI is InChI=1S/C21H25N3O4/c1-14(24(3)13-15-4-6-16(7-5-15)21(26)22-2)20(25)23-17-8-9-18-19(12-17)28-11-10-27-18/h4-9,12,14H,10-11,13H2,1-3H3,(H,22,26)(H,23,25). The van der Waals surface area contributed by atoms with Crippen molar-refractivity contribution in [2.75, 3.05) is 32.6 Å². The van der Waals surface area contributed by atoms with Crippen molar-refractivity contribution in [3.63, 3.8) is 0 Å². The lowest BCUT2D eigenvalue weighted by Crippen LogP contribution is -2.39. The van der Waals surface area contributed by atoms with E-state index in [2.05, 4.69) is 10.6 Å². The molecular formula is C21H25N3O4. The highest BCUT2D eigenvalue weighted by Crippen LogP contribution is 2.32. The lowest BCUT2D eigenvalue weighted by molar-refractivity contribution is -0.120. The molecule has 0 spiro atoms. The first-order valence-corrected chi connectivity index (χ1v) is 9.19. The average molecular weight is 383 g/mol. The molecule has 1 aliphatic rings. The average Bonchev–Trinajstić information content (AvgIpc) is 2.73. The van der Waals surface area contributed by atoms with Crippen molar-refractivity contribution >= 4 is 17.5 Å². The molecule has 2 aromatic carbocycles. The molecular weight excluding hydrogens is 358 g/mol. The summed E-state index contributed by atoms with van der Waals surface area (Å²) in [6.07, 6.45) is 0. The van der Waals surface area contributed by atoms with Gasteiger partial charge < -0.3 is 20.1 Å². The first-order valence-electron chi connectivity index (χ1n) is 9.19. The molecule has 0 radical (unpaired) electrons. The number of amides is 2. The number of hydrogen-bond acceptors (Lipinski definition) is 5. The topological polar surface area (TPSA) is 79.9 Å². The normalized spacial score (nSPS) is 13.7. The molecule has 0 saturated carbocycles. The van der Waals surface area contributed by atoms with E-state index in [0.717, 1.165) is 5.56 Å². The Morgan fingerprint density at radius 2 is 1.75 bits per heavy atom. The first kappa shape index (κ1) is 19.7. The van der Waals surface area contributed by atoms with Crippen LogP contribution in [0.15, 0.2) is 42.5 Å². The molecule has 0 fully saturated rings. The van der Waals surface area contributed by atoms with Gasteiger partial charge in [-0.2, -0.15) is 0 Å².